The van der Waals surface area contributed by atoms with Crippen LogP contribution in [-0.4, -0.2) is 97.7 Å². The lowest BCUT2D eigenvalue weighted by molar-refractivity contribution is -0.385. The van der Waals surface area contributed by atoms with E-state index in [2.05, 4.69) is 10.1 Å². The summed E-state index contributed by atoms with van der Waals surface area (Å²) in [7, 11) is 1.24. The molecule has 0 aliphatic carbocycles. The number of aryl methyl sites for hydroxylation is 2. The molecular weight excluding hydrogens is 624 g/mol. The maximum atomic E-state index is 12.7. The number of hydrogen-bond acceptors (Lipinski definition) is 13. The van der Waals surface area contributed by atoms with Gasteiger partial charge in [-0.3, -0.25) is 29.8 Å². The number of esters is 1. The number of nitro benzene ring substituents is 2. The minimum atomic E-state index is -1.38. The number of aliphatic hydroxyl groups is 3. The Morgan fingerprint density at radius 1 is 0.894 bits per heavy atom. The second-order valence-electron chi connectivity index (χ2n) is 10.7. The standard InChI is InChI=1S/C15H18N2O6.C9H9NO5.C6H11NO2/c1-9-6-13(17(21)22)11(7-10(9)8-18)14(19)16-5-3-4-12(16)15(20)23-2;1-5-2-8(10(14)15)7(9(12)13)3-6(5)4-11;8-4-6(9)5-2-1-3-7-5/h6-7,12,18H,3-5,8H2,1-2H3;2-3,11H,4H2,1H3,(H,12,13);5,7-8H,1-4H2/t12-;;5-/m0.0/s1. The van der Waals surface area contributed by atoms with Crippen molar-refractivity contribution in [3.63, 3.8) is 0 Å². The predicted octanol–water partition coefficient (Wildman–Crippen LogP) is 1.57. The molecule has 0 bridgehead atoms. The van der Waals surface area contributed by atoms with E-state index in [0.29, 0.717) is 41.6 Å². The van der Waals surface area contributed by atoms with Crippen molar-refractivity contribution in [1.82, 2.24) is 10.2 Å². The van der Waals surface area contributed by atoms with E-state index in [1.54, 1.807) is 13.8 Å². The second-order valence-corrected chi connectivity index (χ2v) is 10.7. The first-order chi connectivity index (χ1) is 22.2. The van der Waals surface area contributed by atoms with E-state index >= 15 is 0 Å². The van der Waals surface area contributed by atoms with Crippen molar-refractivity contribution in [3.05, 3.63) is 77.9 Å². The van der Waals surface area contributed by atoms with Crippen molar-refractivity contribution in [3.8, 4) is 0 Å². The molecule has 2 aromatic rings. The van der Waals surface area contributed by atoms with Crippen LogP contribution in [0.5, 0.6) is 0 Å². The number of aliphatic hydroxyl groups excluding tert-OH is 3. The fourth-order valence-corrected chi connectivity index (χ4v) is 5.08. The number of rotatable bonds is 9. The summed E-state index contributed by atoms with van der Waals surface area (Å²) in [6.45, 7) is 3.45. The Balaban J connectivity index is 0.000000273. The Hall–Kier alpha value is -4.84. The maximum Gasteiger partial charge on any atom is 0.342 e. The number of ether oxygens (including phenoxy) is 1. The van der Waals surface area contributed by atoms with E-state index in [1.807, 2.05) is 0 Å². The van der Waals surface area contributed by atoms with Crippen LogP contribution in [0, 0.1) is 34.1 Å². The average molecular weight is 663 g/mol. The summed E-state index contributed by atoms with van der Waals surface area (Å²) < 4.78 is 4.69. The number of likely N-dealkylation sites (tertiary alicyclic amines) is 1. The van der Waals surface area contributed by atoms with Gasteiger partial charge in [0.2, 0.25) is 0 Å². The number of ketones is 1. The van der Waals surface area contributed by atoms with Gasteiger partial charge in [-0.25, -0.2) is 9.59 Å². The zero-order valence-electron chi connectivity index (χ0n) is 26.1. The van der Waals surface area contributed by atoms with Gasteiger partial charge in [0.25, 0.3) is 17.3 Å². The van der Waals surface area contributed by atoms with Crippen LogP contribution >= 0.6 is 0 Å². The van der Waals surface area contributed by atoms with Crippen LogP contribution in [0.2, 0.25) is 0 Å². The molecule has 2 saturated heterocycles. The van der Waals surface area contributed by atoms with Gasteiger partial charge in [-0.15, -0.1) is 0 Å². The zero-order valence-corrected chi connectivity index (χ0v) is 26.1. The molecule has 0 radical (unpaired) electrons. The number of carboxylic acid groups (broad SMARTS) is 1. The fourth-order valence-electron chi connectivity index (χ4n) is 5.08. The van der Waals surface area contributed by atoms with Gasteiger partial charge < -0.3 is 35.4 Å². The molecule has 2 fully saturated rings. The van der Waals surface area contributed by atoms with Gasteiger partial charge >= 0.3 is 11.9 Å². The van der Waals surface area contributed by atoms with Crippen molar-refractivity contribution < 1.29 is 54.2 Å². The molecule has 2 heterocycles. The Morgan fingerprint density at radius 3 is 1.85 bits per heavy atom. The third-order valence-corrected chi connectivity index (χ3v) is 7.70. The highest BCUT2D eigenvalue weighted by Crippen LogP contribution is 2.29. The zero-order chi connectivity index (χ0) is 35.4. The molecule has 4 rings (SSSR count). The lowest BCUT2D eigenvalue weighted by Crippen LogP contribution is -2.41. The summed E-state index contributed by atoms with van der Waals surface area (Å²) in [4.78, 5) is 67.6. The van der Waals surface area contributed by atoms with Gasteiger partial charge in [0.05, 0.1) is 36.2 Å². The first-order valence-corrected chi connectivity index (χ1v) is 14.5. The van der Waals surface area contributed by atoms with Gasteiger partial charge in [-0.1, -0.05) is 0 Å². The Kier molecular flexibility index (Phi) is 14.5. The number of carboxylic acids is 1. The number of amides is 1. The Bertz CT molecular complexity index is 1510. The number of Topliss-reactive ketones (excluding diaryl/α,β-unsaturated/α-hetero) is 1. The minimum absolute atomic E-state index is 0.0602. The molecule has 2 aliphatic heterocycles. The molecule has 17 heteroatoms. The summed E-state index contributed by atoms with van der Waals surface area (Å²) in [6.07, 6.45) is 3.03. The highest BCUT2D eigenvalue weighted by atomic mass is 16.6. The molecule has 0 saturated carbocycles. The van der Waals surface area contributed by atoms with E-state index in [0.717, 1.165) is 31.5 Å². The third-order valence-electron chi connectivity index (χ3n) is 7.70. The van der Waals surface area contributed by atoms with Crippen molar-refractivity contribution in [2.75, 3.05) is 26.8 Å². The van der Waals surface area contributed by atoms with Crippen LogP contribution < -0.4 is 5.32 Å². The largest absolute Gasteiger partial charge is 0.477 e. The van der Waals surface area contributed by atoms with Crippen LogP contribution in [0.15, 0.2) is 24.3 Å². The van der Waals surface area contributed by atoms with Crippen LogP contribution in [0.25, 0.3) is 0 Å². The van der Waals surface area contributed by atoms with Gasteiger partial charge in [0.1, 0.15) is 23.8 Å². The van der Waals surface area contributed by atoms with E-state index in [9.17, 15) is 44.5 Å². The molecule has 5 N–H and O–H groups in total. The monoisotopic (exact) mass is 662 g/mol. The number of nitrogens with one attached hydrogen (secondary N) is 1. The number of aromatic carboxylic acids is 1. The molecule has 256 valence electrons. The van der Waals surface area contributed by atoms with E-state index < -0.39 is 45.0 Å². The smallest absolute Gasteiger partial charge is 0.342 e. The van der Waals surface area contributed by atoms with Gasteiger partial charge in [-0.05, 0) is 80.5 Å². The Labute approximate surface area is 269 Å². The molecular formula is C30H38N4O13. The van der Waals surface area contributed by atoms with Crippen LogP contribution in [0.3, 0.4) is 0 Å². The molecule has 1 amide bonds. The van der Waals surface area contributed by atoms with Crippen LogP contribution in [0.1, 0.15) is 68.7 Å². The molecule has 0 spiro atoms. The highest BCUT2D eigenvalue weighted by molar-refractivity contribution is 6.00. The average Bonchev–Trinajstić information content (AvgIpc) is 3.77. The molecule has 2 aromatic carbocycles. The van der Waals surface area contributed by atoms with Crippen molar-refractivity contribution in [1.29, 1.82) is 0 Å². The summed E-state index contributed by atoms with van der Waals surface area (Å²) in [6, 6.07) is 4.07. The molecule has 0 unspecified atom stereocenters. The predicted molar refractivity (Wildman–Crippen MR) is 164 cm³/mol. The number of nitrogens with zero attached hydrogens (tertiary/aromatic N) is 3. The summed E-state index contributed by atoms with van der Waals surface area (Å²) >= 11 is 0. The molecule has 2 atom stereocenters. The summed E-state index contributed by atoms with van der Waals surface area (Å²) in [5.74, 6) is -2.59. The quantitative estimate of drug-likeness (QED) is 0.145. The Morgan fingerprint density at radius 2 is 1.43 bits per heavy atom. The van der Waals surface area contributed by atoms with E-state index in [1.165, 1.54) is 24.1 Å². The number of methoxy groups -OCH3 is 1. The normalized spacial score (nSPS) is 16.7. The number of nitro groups is 2. The van der Waals surface area contributed by atoms with E-state index in [-0.39, 0.29) is 42.9 Å². The van der Waals surface area contributed by atoms with Gasteiger partial charge in [0, 0.05) is 18.7 Å². The van der Waals surface area contributed by atoms with Crippen molar-refractivity contribution >= 4 is 35.0 Å². The topological polar surface area (TPSA) is 260 Å². The van der Waals surface area contributed by atoms with Crippen LogP contribution in [-0.2, 0) is 27.5 Å². The van der Waals surface area contributed by atoms with Gasteiger partial charge in [-0.2, -0.15) is 0 Å². The first-order valence-electron chi connectivity index (χ1n) is 14.5. The number of benzene rings is 2. The van der Waals surface area contributed by atoms with E-state index in [4.69, 9.17) is 15.3 Å². The van der Waals surface area contributed by atoms with Crippen molar-refractivity contribution in [2.45, 2.75) is 64.8 Å². The lowest BCUT2D eigenvalue weighted by atomic mass is 10.0. The second kappa shape index (κ2) is 17.7. The van der Waals surface area contributed by atoms with Crippen LogP contribution in [0.4, 0.5) is 11.4 Å². The molecule has 2 aliphatic rings. The third kappa shape index (κ3) is 9.82. The fraction of sp³-hybridized carbons (Fsp3) is 0.467. The van der Waals surface area contributed by atoms with Gasteiger partial charge in [0.15, 0.2) is 5.78 Å². The first kappa shape index (κ1) is 38.3. The highest BCUT2D eigenvalue weighted by Gasteiger charge is 2.37. The number of carbonyl (C=O) groups excluding carboxylic acids is 3. The number of hydrogen-bond donors (Lipinski definition) is 5. The minimum Gasteiger partial charge on any atom is -0.477 e. The number of carbonyl (C=O) groups is 4. The SMILES string of the molecule is COC(=O)[C@@H]1CCCN1C(=O)c1cc(CO)c(C)cc1[N+](=O)[O-].Cc1cc([N+](=O)[O-])c(C(=O)O)cc1CO.O=C(CO)[C@@H]1CCCN1. The molecule has 0 aromatic heterocycles. The molecule has 17 nitrogen and oxygen atoms in total. The molecule has 47 heavy (non-hydrogen) atoms. The lowest BCUT2D eigenvalue weighted by Gasteiger charge is -2.23. The summed E-state index contributed by atoms with van der Waals surface area (Å²) in [5.41, 5.74) is 0.508. The van der Waals surface area contributed by atoms with Crippen molar-refractivity contribution in [2.24, 2.45) is 0 Å². The maximum absolute atomic E-state index is 12.7. The summed E-state index contributed by atoms with van der Waals surface area (Å²) in [5, 5.41) is 60.2.